The molecular formula is C12H18N6. The molecule has 1 aliphatic rings. The summed E-state index contributed by atoms with van der Waals surface area (Å²) in [5, 5.41) is 3.40. The minimum Gasteiger partial charge on any atom is -0.368 e. The highest BCUT2D eigenvalue weighted by atomic mass is 15.1. The van der Waals surface area contributed by atoms with Crippen LogP contribution >= 0.6 is 0 Å². The van der Waals surface area contributed by atoms with Crippen molar-refractivity contribution < 1.29 is 0 Å². The molecule has 0 spiro atoms. The maximum atomic E-state index is 5.68. The second-order valence-electron chi connectivity index (χ2n) is 5.14. The third-order valence-electron chi connectivity index (χ3n) is 3.67. The Kier molecular flexibility index (Phi) is 2.57. The van der Waals surface area contributed by atoms with Crippen LogP contribution in [0.5, 0.6) is 0 Å². The van der Waals surface area contributed by atoms with Crippen LogP contribution < -0.4 is 11.1 Å². The number of H-pyrrole nitrogens is 1. The van der Waals surface area contributed by atoms with Crippen LogP contribution in [0.4, 0.5) is 11.8 Å². The van der Waals surface area contributed by atoms with Crippen molar-refractivity contribution >= 4 is 22.9 Å². The molecule has 3 rings (SSSR count). The Balaban J connectivity index is 1.80. The number of nitrogens with one attached hydrogen (secondary N) is 2. The van der Waals surface area contributed by atoms with Crippen molar-refractivity contribution in [2.75, 3.05) is 17.6 Å². The summed E-state index contributed by atoms with van der Waals surface area (Å²) >= 11 is 0. The SMILES string of the molecule is CCCC1(CNc2nc(N)nc3nc[nH]c23)CC1. The zero-order chi connectivity index (χ0) is 12.6. The largest absolute Gasteiger partial charge is 0.368 e. The highest BCUT2D eigenvalue weighted by Crippen LogP contribution is 2.49. The number of imidazole rings is 1. The van der Waals surface area contributed by atoms with Crippen LogP contribution in [0.15, 0.2) is 6.33 Å². The molecule has 6 heteroatoms. The van der Waals surface area contributed by atoms with E-state index in [0.717, 1.165) is 17.9 Å². The number of rotatable bonds is 5. The fraction of sp³-hybridized carbons (Fsp3) is 0.583. The quantitative estimate of drug-likeness (QED) is 0.749. The minimum atomic E-state index is 0.262. The lowest BCUT2D eigenvalue weighted by atomic mass is 10.0. The molecule has 0 amide bonds. The van der Waals surface area contributed by atoms with E-state index in [1.54, 1.807) is 6.33 Å². The number of hydrogen-bond acceptors (Lipinski definition) is 5. The van der Waals surface area contributed by atoms with E-state index in [-0.39, 0.29) is 5.95 Å². The van der Waals surface area contributed by atoms with Crippen LogP contribution in [0.2, 0.25) is 0 Å². The molecule has 2 heterocycles. The topological polar surface area (TPSA) is 92.5 Å². The molecule has 2 aromatic rings. The van der Waals surface area contributed by atoms with E-state index in [1.807, 2.05) is 0 Å². The van der Waals surface area contributed by atoms with Crippen molar-refractivity contribution in [2.24, 2.45) is 5.41 Å². The minimum absolute atomic E-state index is 0.262. The summed E-state index contributed by atoms with van der Waals surface area (Å²) < 4.78 is 0. The molecule has 0 aromatic carbocycles. The van der Waals surface area contributed by atoms with E-state index in [1.165, 1.54) is 25.7 Å². The van der Waals surface area contributed by atoms with Gasteiger partial charge in [0, 0.05) is 6.54 Å². The first-order chi connectivity index (χ1) is 8.72. The Bertz CT molecular complexity index is 557. The summed E-state index contributed by atoms with van der Waals surface area (Å²) in [6.45, 7) is 3.18. The molecule has 1 saturated carbocycles. The Morgan fingerprint density at radius 2 is 2.28 bits per heavy atom. The fourth-order valence-corrected chi connectivity index (χ4v) is 2.47. The van der Waals surface area contributed by atoms with Gasteiger partial charge in [-0.2, -0.15) is 9.97 Å². The number of aromatic nitrogens is 4. The monoisotopic (exact) mass is 246 g/mol. The third kappa shape index (κ3) is 1.98. The fourth-order valence-electron chi connectivity index (χ4n) is 2.47. The lowest BCUT2D eigenvalue weighted by molar-refractivity contribution is 0.485. The van der Waals surface area contributed by atoms with Crippen molar-refractivity contribution in [1.29, 1.82) is 0 Å². The van der Waals surface area contributed by atoms with Crippen molar-refractivity contribution in [3.8, 4) is 0 Å². The number of hydrogen-bond donors (Lipinski definition) is 3. The molecule has 0 saturated heterocycles. The number of aromatic amines is 1. The summed E-state index contributed by atoms with van der Waals surface area (Å²) in [6.07, 6.45) is 6.73. The van der Waals surface area contributed by atoms with Gasteiger partial charge in [-0.05, 0) is 24.7 Å². The van der Waals surface area contributed by atoms with Gasteiger partial charge in [0.05, 0.1) is 6.33 Å². The average Bonchev–Trinajstić information content (AvgIpc) is 2.94. The first-order valence-electron chi connectivity index (χ1n) is 6.43. The smallest absolute Gasteiger partial charge is 0.224 e. The van der Waals surface area contributed by atoms with Gasteiger partial charge < -0.3 is 16.0 Å². The van der Waals surface area contributed by atoms with E-state index in [2.05, 4.69) is 32.2 Å². The number of nitrogens with zero attached hydrogens (tertiary/aromatic N) is 3. The predicted molar refractivity (Wildman–Crippen MR) is 71.2 cm³/mol. The molecule has 0 bridgehead atoms. The van der Waals surface area contributed by atoms with E-state index >= 15 is 0 Å². The summed E-state index contributed by atoms with van der Waals surface area (Å²) in [4.78, 5) is 15.5. The first kappa shape index (κ1) is 11.3. The highest BCUT2D eigenvalue weighted by molar-refractivity contribution is 5.83. The molecule has 4 N–H and O–H groups in total. The second-order valence-corrected chi connectivity index (χ2v) is 5.14. The normalized spacial score (nSPS) is 16.9. The summed E-state index contributed by atoms with van der Waals surface area (Å²) in [5.41, 5.74) is 7.60. The molecule has 6 nitrogen and oxygen atoms in total. The summed E-state index contributed by atoms with van der Waals surface area (Å²) in [7, 11) is 0. The van der Waals surface area contributed by atoms with E-state index in [4.69, 9.17) is 5.73 Å². The molecule has 0 unspecified atom stereocenters. The Morgan fingerprint density at radius 3 is 3.00 bits per heavy atom. The standard InChI is InChI=1S/C12H18N6/c1-2-3-12(4-5-12)6-14-9-8-10(16-7-15-8)18-11(13)17-9/h7H,2-6H2,1H3,(H4,13,14,15,16,17,18). The van der Waals surface area contributed by atoms with Crippen molar-refractivity contribution in [3.05, 3.63) is 6.33 Å². The van der Waals surface area contributed by atoms with E-state index in [9.17, 15) is 0 Å². The lowest BCUT2D eigenvalue weighted by Crippen LogP contribution is -2.16. The first-order valence-corrected chi connectivity index (χ1v) is 6.43. The lowest BCUT2D eigenvalue weighted by Gasteiger charge is -2.15. The van der Waals surface area contributed by atoms with Gasteiger partial charge in [-0.25, -0.2) is 4.98 Å². The van der Waals surface area contributed by atoms with Crippen molar-refractivity contribution in [3.63, 3.8) is 0 Å². The van der Waals surface area contributed by atoms with Crippen LogP contribution in [0.3, 0.4) is 0 Å². The van der Waals surface area contributed by atoms with Gasteiger partial charge in [-0.1, -0.05) is 13.3 Å². The van der Waals surface area contributed by atoms with Crippen molar-refractivity contribution in [2.45, 2.75) is 32.6 Å². The number of fused-ring (bicyclic) bond motifs is 1. The van der Waals surface area contributed by atoms with Crippen LogP contribution in [0.1, 0.15) is 32.6 Å². The van der Waals surface area contributed by atoms with Gasteiger partial charge in [0.15, 0.2) is 11.5 Å². The van der Waals surface area contributed by atoms with E-state index < -0.39 is 0 Å². The van der Waals surface area contributed by atoms with Gasteiger partial charge in [0.1, 0.15) is 5.52 Å². The van der Waals surface area contributed by atoms with Gasteiger partial charge in [0.2, 0.25) is 5.95 Å². The van der Waals surface area contributed by atoms with Gasteiger partial charge in [-0.3, -0.25) is 0 Å². The Hall–Kier alpha value is -1.85. The molecule has 1 aliphatic carbocycles. The maximum absolute atomic E-state index is 5.68. The van der Waals surface area contributed by atoms with Crippen LogP contribution in [0.25, 0.3) is 11.2 Å². The van der Waals surface area contributed by atoms with E-state index in [0.29, 0.717) is 11.1 Å². The zero-order valence-electron chi connectivity index (χ0n) is 10.5. The van der Waals surface area contributed by atoms with Crippen molar-refractivity contribution in [1.82, 2.24) is 19.9 Å². The summed E-state index contributed by atoms with van der Waals surface area (Å²) in [6, 6.07) is 0. The molecular weight excluding hydrogens is 228 g/mol. The van der Waals surface area contributed by atoms with Gasteiger partial charge in [0.25, 0.3) is 0 Å². The maximum Gasteiger partial charge on any atom is 0.224 e. The van der Waals surface area contributed by atoms with Gasteiger partial charge in [-0.15, -0.1) is 0 Å². The Morgan fingerprint density at radius 1 is 1.44 bits per heavy atom. The summed E-state index contributed by atoms with van der Waals surface area (Å²) in [5.74, 6) is 1.02. The average molecular weight is 246 g/mol. The molecule has 1 fully saturated rings. The van der Waals surface area contributed by atoms with Crippen LogP contribution in [0, 0.1) is 5.41 Å². The molecule has 0 radical (unpaired) electrons. The molecule has 0 atom stereocenters. The van der Waals surface area contributed by atoms with Crippen LogP contribution in [-0.2, 0) is 0 Å². The number of anilines is 2. The van der Waals surface area contributed by atoms with Crippen LogP contribution in [-0.4, -0.2) is 26.5 Å². The zero-order valence-corrected chi connectivity index (χ0v) is 10.5. The number of nitrogen functional groups attached to an aromatic ring is 1. The molecule has 2 aromatic heterocycles. The molecule has 96 valence electrons. The Labute approximate surface area is 105 Å². The van der Waals surface area contributed by atoms with Gasteiger partial charge >= 0.3 is 0 Å². The third-order valence-corrected chi connectivity index (χ3v) is 3.67. The predicted octanol–water partition coefficient (Wildman–Crippen LogP) is 1.93. The number of nitrogens with two attached hydrogens (primary N) is 1. The molecule has 0 aliphatic heterocycles. The second kappa shape index (κ2) is 4.12. The molecule has 18 heavy (non-hydrogen) atoms. The highest BCUT2D eigenvalue weighted by Gasteiger charge is 2.41.